The first-order valence-electron chi connectivity index (χ1n) is 8.37. The minimum atomic E-state index is -0.102. The first kappa shape index (κ1) is 18.2. The number of halogens is 1. The number of aryl methyl sites for hydroxylation is 3. The number of nitrogens with zero attached hydrogens (tertiary/aromatic N) is 2. The maximum absolute atomic E-state index is 12.2. The van der Waals surface area contributed by atoms with Gasteiger partial charge in [0.25, 0.3) is 5.89 Å². The maximum Gasteiger partial charge on any atom is 0.251 e. The van der Waals surface area contributed by atoms with E-state index in [4.69, 9.17) is 20.4 Å². The zero-order chi connectivity index (χ0) is 18.7. The Kier molecular flexibility index (Phi) is 5.42. The van der Waals surface area contributed by atoms with Gasteiger partial charge in [-0.2, -0.15) is 0 Å². The predicted octanol–water partition coefficient (Wildman–Crippen LogP) is 4.41. The van der Waals surface area contributed by atoms with Gasteiger partial charge in [0.1, 0.15) is 11.5 Å². The molecule has 1 N–H and O–H groups in total. The van der Waals surface area contributed by atoms with Crippen molar-refractivity contribution in [2.24, 2.45) is 0 Å². The van der Waals surface area contributed by atoms with E-state index in [2.05, 4.69) is 15.5 Å². The Morgan fingerprint density at radius 2 is 1.92 bits per heavy atom. The number of benzene rings is 1. The van der Waals surface area contributed by atoms with Crippen LogP contribution in [0.4, 0.5) is 0 Å². The van der Waals surface area contributed by atoms with Crippen LogP contribution in [0.3, 0.4) is 0 Å². The van der Waals surface area contributed by atoms with Crippen LogP contribution in [0.15, 0.2) is 39.2 Å². The van der Waals surface area contributed by atoms with Gasteiger partial charge in [0.05, 0.1) is 11.6 Å². The Hall–Kier alpha value is -2.60. The van der Waals surface area contributed by atoms with Crippen LogP contribution >= 0.6 is 11.6 Å². The van der Waals surface area contributed by atoms with Gasteiger partial charge in [-0.3, -0.25) is 4.79 Å². The van der Waals surface area contributed by atoms with E-state index in [1.165, 1.54) is 0 Å². The first-order chi connectivity index (χ1) is 12.4. The monoisotopic (exact) mass is 373 g/mol. The Morgan fingerprint density at radius 3 is 2.58 bits per heavy atom. The summed E-state index contributed by atoms with van der Waals surface area (Å²) < 4.78 is 11.1. The maximum atomic E-state index is 12.2. The molecule has 7 heteroatoms. The molecule has 0 saturated heterocycles. The lowest BCUT2D eigenvalue weighted by Gasteiger charge is -2.14. The molecule has 6 nitrogen and oxygen atoms in total. The van der Waals surface area contributed by atoms with E-state index in [0.717, 1.165) is 22.6 Å². The Labute approximate surface area is 156 Å². The molecule has 1 unspecified atom stereocenters. The Balaban J connectivity index is 1.55. The van der Waals surface area contributed by atoms with Crippen molar-refractivity contribution in [3.05, 3.63) is 58.3 Å². The van der Waals surface area contributed by atoms with Crippen LogP contribution in [0.1, 0.15) is 42.4 Å². The van der Waals surface area contributed by atoms with E-state index in [1.54, 1.807) is 12.1 Å². The van der Waals surface area contributed by atoms with Crippen molar-refractivity contribution in [2.75, 3.05) is 0 Å². The SMILES string of the molecule is Cc1cc(-c2nnc(CCC(=O)NC(C)c3ccc(Cl)cc3)o2)c(C)o1. The fourth-order valence-electron chi connectivity index (χ4n) is 2.68. The molecule has 0 aliphatic heterocycles. The number of hydrogen-bond donors (Lipinski definition) is 1. The molecule has 0 bridgehead atoms. The molecule has 0 radical (unpaired) electrons. The van der Waals surface area contributed by atoms with E-state index < -0.39 is 0 Å². The van der Waals surface area contributed by atoms with Crippen LogP contribution in [0.2, 0.25) is 5.02 Å². The highest BCUT2D eigenvalue weighted by molar-refractivity contribution is 6.30. The summed E-state index contributed by atoms with van der Waals surface area (Å²) in [5.41, 5.74) is 1.77. The van der Waals surface area contributed by atoms with Crippen molar-refractivity contribution < 1.29 is 13.6 Å². The first-order valence-corrected chi connectivity index (χ1v) is 8.75. The second-order valence-electron chi connectivity index (χ2n) is 6.17. The lowest BCUT2D eigenvalue weighted by molar-refractivity contribution is -0.121. The zero-order valence-electron chi connectivity index (χ0n) is 14.9. The van der Waals surface area contributed by atoms with Crippen molar-refractivity contribution in [3.8, 4) is 11.5 Å². The quantitative estimate of drug-likeness (QED) is 0.692. The highest BCUT2D eigenvalue weighted by atomic mass is 35.5. The summed E-state index contributed by atoms with van der Waals surface area (Å²) in [4.78, 5) is 12.2. The molecule has 3 rings (SSSR count). The fourth-order valence-corrected chi connectivity index (χ4v) is 2.80. The van der Waals surface area contributed by atoms with Gasteiger partial charge in [-0.15, -0.1) is 10.2 Å². The van der Waals surface area contributed by atoms with Crippen molar-refractivity contribution in [1.29, 1.82) is 0 Å². The largest absolute Gasteiger partial charge is 0.466 e. The third kappa shape index (κ3) is 4.32. The zero-order valence-corrected chi connectivity index (χ0v) is 15.6. The second kappa shape index (κ2) is 7.74. The van der Waals surface area contributed by atoms with E-state index >= 15 is 0 Å². The number of nitrogens with one attached hydrogen (secondary N) is 1. The number of carbonyl (C=O) groups is 1. The van der Waals surface area contributed by atoms with Gasteiger partial charge < -0.3 is 14.2 Å². The highest BCUT2D eigenvalue weighted by Crippen LogP contribution is 2.25. The Morgan fingerprint density at radius 1 is 1.19 bits per heavy atom. The van der Waals surface area contributed by atoms with Crippen molar-refractivity contribution >= 4 is 17.5 Å². The molecule has 1 amide bonds. The molecule has 0 aliphatic carbocycles. The van der Waals surface area contributed by atoms with Gasteiger partial charge >= 0.3 is 0 Å². The van der Waals surface area contributed by atoms with E-state index in [-0.39, 0.29) is 18.4 Å². The van der Waals surface area contributed by atoms with Crippen LogP contribution in [0, 0.1) is 13.8 Å². The average molecular weight is 374 g/mol. The molecular weight excluding hydrogens is 354 g/mol. The molecule has 2 heterocycles. The van der Waals surface area contributed by atoms with E-state index in [9.17, 15) is 4.79 Å². The average Bonchev–Trinajstić information content (AvgIpc) is 3.19. The van der Waals surface area contributed by atoms with Gasteiger partial charge in [0.15, 0.2) is 0 Å². The molecule has 26 heavy (non-hydrogen) atoms. The Bertz CT molecular complexity index is 899. The molecule has 1 atom stereocenters. The third-order valence-electron chi connectivity index (χ3n) is 4.05. The lowest BCUT2D eigenvalue weighted by Crippen LogP contribution is -2.26. The van der Waals surface area contributed by atoms with Gasteiger partial charge in [0.2, 0.25) is 11.8 Å². The number of aromatic nitrogens is 2. The third-order valence-corrected chi connectivity index (χ3v) is 4.30. The molecule has 136 valence electrons. The summed E-state index contributed by atoms with van der Waals surface area (Å²) in [6, 6.07) is 9.15. The summed E-state index contributed by atoms with van der Waals surface area (Å²) in [5.74, 6) is 2.26. The number of hydrogen-bond acceptors (Lipinski definition) is 5. The van der Waals surface area contributed by atoms with Gasteiger partial charge in [-0.05, 0) is 44.5 Å². The minimum Gasteiger partial charge on any atom is -0.466 e. The number of amides is 1. The standard InChI is InChI=1S/C19H20ClN3O3/c1-11-10-16(13(3)25-11)19-23-22-18(26-19)9-8-17(24)21-12(2)14-4-6-15(20)7-5-14/h4-7,10,12H,8-9H2,1-3H3,(H,21,24). The molecule has 3 aromatic rings. The summed E-state index contributed by atoms with van der Waals surface area (Å²) in [6.45, 7) is 5.63. The van der Waals surface area contributed by atoms with Crippen molar-refractivity contribution in [1.82, 2.24) is 15.5 Å². The van der Waals surface area contributed by atoms with Gasteiger partial charge in [-0.25, -0.2) is 0 Å². The predicted molar refractivity (Wildman–Crippen MR) is 97.8 cm³/mol. The van der Waals surface area contributed by atoms with Crippen LogP contribution in [-0.4, -0.2) is 16.1 Å². The van der Waals surface area contributed by atoms with E-state index in [0.29, 0.717) is 23.2 Å². The topological polar surface area (TPSA) is 81.2 Å². The molecule has 0 aliphatic rings. The minimum absolute atomic E-state index is 0.0810. The summed E-state index contributed by atoms with van der Waals surface area (Å²) >= 11 is 5.88. The van der Waals surface area contributed by atoms with E-state index in [1.807, 2.05) is 39.0 Å². The van der Waals surface area contributed by atoms with Crippen LogP contribution < -0.4 is 5.32 Å². The van der Waals surface area contributed by atoms with Gasteiger partial charge in [0, 0.05) is 17.9 Å². The molecule has 0 saturated carbocycles. The van der Waals surface area contributed by atoms with Crippen LogP contribution in [-0.2, 0) is 11.2 Å². The number of furan rings is 1. The van der Waals surface area contributed by atoms with Crippen LogP contribution in [0.25, 0.3) is 11.5 Å². The number of carbonyl (C=O) groups excluding carboxylic acids is 1. The summed E-state index contributed by atoms with van der Waals surface area (Å²) in [7, 11) is 0. The summed E-state index contributed by atoms with van der Waals surface area (Å²) in [5, 5.41) is 11.7. The lowest BCUT2D eigenvalue weighted by atomic mass is 10.1. The highest BCUT2D eigenvalue weighted by Gasteiger charge is 2.16. The molecule has 0 spiro atoms. The normalized spacial score (nSPS) is 12.2. The number of rotatable bonds is 6. The fraction of sp³-hybridized carbons (Fsp3) is 0.316. The summed E-state index contributed by atoms with van der Waals surface area (Å²) in [6.07, 6.45) is 0.644. The van der Waals surface area contributed by atoms with Gasteiger partial charge in [-0.1, -0.05) is 23.7 Å². The molecule has 0 fully saturated rings. The molecule has 2 aromatic heterocycles. The second-order valence-corrected chi connectivity index (χ2v) is 6.61. The van der Waals surface area contributed by atoms with Crippen molar-refractivity contribution in [2.45, 2.75) is 39.7 Å². The molecule has 1 aromatic carbocycles. The van der Waals surface area contributed by atoms with Crippen LogP contribution in [0.5, 0.6) is 0 Å². The smallest absolute Gasteiger partial charge is 0.251 e. The van der Waals surface area contributed by atoms with Crippen molar-refractivity contribution in [3.63, 3.8) is 0 Å². The molecular formula is C19H20ClN3O3.